The molecular weight excluding hydrogens is 888 g/mol. The Morgan fingerprint density at radius 1 is 0.466 bits per heavy atom. The molecule has 11 aromatic rings. The Bertz CT molecular complexity index is 4180. The fraction of sp³-hybridized carbons (Fsp3) is 0.294. The third kappa shape index (κ3) is 5.10. The monoisotopic (exact) mass is 942 g/mol. The topological polar surface area (TPSA) is 34.5 Å². The van der Waals surface area contributed by atoms with Crippen LogP contribution in [0.15, 0.2) is 160 Å². The standard InChI is InChI=1S/C68H55BN2O2/c1-2-8-44(9-3-1)45-14-17-48(18-15-45)71-57-20-21-60-62(50-11-5-7-13-59(50)72-60)61(57)54-31-53-49-10-4-6-12-58(49)73-66(53)65-63(54)69(71)55-30-47(68-35-41-25-42(36-68)27-43(26-41)37-68)29-52-51-28-46(16-19-56(51)70(65)64(52)55)67-32-38-22-39(33-67)24-40(23-38)34-67/h1-21,28-31,38-43H,22-27,32-37H2. The van der Waals surface area contributed by atoms with Crippen LogP contribution in [-0.2, 0) is 10.8 Å². The Hall–Kier alpha value is -6.98. The van der Waals surface area contributed by atoms with Crippen molar-refractivity contribution in [2.75, 3.05) is 4.81 Å². The van der Waals surface area contributed by atoms with Crippen LogP contribution in [0.25, 0.3) is 93.6 Å². The highest BCUT2D eigenvalue weighted by Crippen LogP contribution is 2.63. The van der Waals surface area contributed by atoms with Crippen molar-refractivity contribution in [3.63, 3.8) is 0 Å². The molecule has 8 fully saturated rings. The Morgan fingerprint density at radius 2 is 1.07 bits per heavy atom. The molecule has 5 heteroatoms. The number of rotatable bonds is 4. The molecule has 4 nitrogen and oxygen atoms in total. The summed E-state index contributed by atoms with van der Waals surface area (Å²) in [5.41, 5.74) is 21.6. The first-order valence-electron chi connectivity index (χ1n) is 28.0. The highest BCUT2D eigenvalue weighted by atomic mass is 16.3. The summed E-state index contributed by atoms with van der Waals surface area (Å²) in [6.45, 7) is -0.121. The van der Waals surface area contributed by atoms with Gasteiger partial charge in [-0.15, -0.1) is 0 Å². The van der Waals surface area contributed by atoms with Crippen LogP contribution in [-0.4, -0.2) is 11.4 Å². The summed E-state index contributed by atoms with van der Waals surface area (Å²) >= 11 is 0. The molecule has 8 saturated carbocycles. The predicted octanol–water partition coefficient (Wildman–Crippen LogP) is 16.4. The van der Waals surface area contributed by atoms with Gasteiger partial charge < -0.3 is 18.2 Å². The van der Waals surface area contributed by atoms with E-state index in [9.17, 15) is 0 Å². The van der Waals surface area contributed by atoms with Crippen LogP contribution in [0.5, 0.6) is 0 Å². The zero-order valence-electron chi connectivity index (χ0n) is 41.2. The fourth-order valence-electron chi connectivity index (χ4n) is 19.3. The quantitative estimate of drug-likeness (QED) is 0.165. The average Bonchev–Trinajstić information content (AvgIpc) is 4.17. The van der Waals surface area contributed by atoms with Gasteiger partial charge in [-0.25, -0.2) is 0 Å². The van der Waals surface area contributed by atoms with E-state index < -0.39 is 0 Å². The van der Waals surface area contributed by atoms with Crippen LogP contribution >= 0.6 is 0 Å². The lowest BCUT2D eigenvalue weighted by molar-refractivity contribution is -0.00526. The number of furan rings is 2. The highest BCUT2D eigenvalue weighted by Gasteiger charge is 2.55. The number of fused-ring (bicyclic) bond motifs is 15. The first-order chi connectivity index (χ1) is 36.0. The molecule has 10 aliphatic rings. The van der Waals surface area contributed by atoms with Gasteiger partial charge in [-0.2, -0.15) is 0 Å². The van der Waals surface area contributed by atoms with E-state index in [0.29, 0.717) is 5.41 Å². The maximum Gasteiger partial charge on any atom is 0.333 e. The first-order valence-corrected chi connectivity index (χ1v) is 28.0. The fourth-order valence-corrected chi connectivity index (χ4v) is 19.3. The van der Waals surface area contributed by atoms with E-state index in [2.05, 4.69) is 161 Å². The third-order valence-corrected chi connectivity index (χ3v) is 21.2. The molecule has 8 bridgehead atoms. The zero-order chi connectivity index (χ0) is 47.1. The molecule has 0 unspecified atom stereocenters. The van der Waals surface area contributed by atoms with E-state index in [1.54, 1.807) is 11.1 Å². The summed E-state index contributed by atoms with van der Waals surface area (Å²) in [7, 11) is 0. The van der Waals surface area contributed by atoms with Crippen LogP contribution in [0.3, 0.4) is 0 Å². The van der Waals surface area contributed by atoms with Gasteiger partial charge in [0.05, 0.1) is 16.7 Å². The largest absolute Gasteiger partial charge is 0.456 e. The van der Waals surface area contributed by atoms with Crippen molar-refractivity contribution in [2.24, 2.45) is 35.5 Å². The molecule has 0 atom stereocenters. The second-order valence-corrected chi connectivity index (χ2v) is 25.2. The van der Waals surface area contributed by atoms with Crippen LogP contribution < -0.4 is 15.7 Å². The van der Waals surface area contributed by atoms with Gasteiger partial charge in [-0.05, 0) is 223 Å². The molecule has 0 radical (unpaired) electrons. The van der Waals surface area contributed by atoms with Crippen molar-refractivity contribution in [3.05, 3.63) is 163 Å². The number of hydrogen-bond acceptors (Lipinski definition) is 3. The average molecular weight is 943 g/mol. The Labute approximate surface area is 425 Å². The van der Waals surface area contributed by atoms with Gasteiger partial charge >= 0.3 is 6.85 Å². The third-order valence-electron chi connectivity index (χ3n) is 21.2. The number of benzene rings is 8. The molecular formula is C68H55BN2O2. The van der Waals surface area contributed by atoms with Gasteiger partial charge in [-0.1, -0.05) is 91.0 Å². The van der Waals surface area contributed by atoms with E-state index >= 15 is 0 Å². The molecule has 0 spiro atoms. The number of hydrogen-bond donors (Lipinski definition) is 0. The maximum atomic E-state index is 7.34. The van der Waals surface area contributed by atoms with Gasteiger partial charge in [0.15, 0.2) is 5.58 Å². The molecule has 0 amide bonds. The molecule has 0 N–H and O–H groups in total. The Morgan fingerprint density at radius 3 is 1.77 bits per heavy atom. The number of aromatic nitrogens is 1. The SMILES string of the molecule is c1ccc(-c2ccc(N3B4c5c(cc6c(oc7ccccc76)c5-n5c6ccc(C78CC9CC(CC(C9)C7)C8)cc6c6cc(C78CC9CC(CC(C9)C7)C8)cc4c65)-c4c3ccc3oc5ccccc5c43)cc2)cc1. The van der Waals surface area contributed by atoms with Crippen LogP contribution in [0.4, 0.5) is 11.4 Å². The van der Waals surface area contributed by atoms with Crippen molar-refractivity contribution in [1.29, 1.82) is 0 Å². The molecule has 5 heterocycles. The minimum absolute atomic E-state index is 0.121. The summed E-state index contributed by atoms with van der Waals surface area (Å²) in [4.78, 5) is 2.74. The normalized spacial score (nSPS) is 27.9. The van der Waals surface area contributed by atoms with Crippen LogP contribution in [0, 0.1) is 35.5 Å². The van der Waals surface area contributed by atoms with Crippen molar-refractivity contribution in [2.45, 2.75) is 87.9 Å². The summed E-state index contributed by atoms with van der Waals surface area (Å²) in [6.07, 6.45) is 16.8. The van der Waals surface area contributed by atoms with E-state index in [4.69, 9.17) is 8.83 Å². The lowest BCUT2D eigenvalue weighted by Gasteiger charge is -2.57. The van der Waals surface area contributed by atoms with Crippen molar-refractivity contribution in [3.8, 4) is 27.9 Å². The van der Waals surface area contributed by atoms with E-state index in [1.165, 1.54) is 160 Å². The summed E-state index contributed by atoms with van der Waals surface area (Å²) in [5, 5.41) is 7.57. The van der Waals surface area contributed by atoms with E-state index in [0.717, 1.165) is 68.6 Å². The molecule has 21 rings (SSSR count). The van der Waals surface area contributed by atoms with Gasteiger partial charge in [-0.3, -0.25) is 0 Å². The van der Waals surface area contributed by atoms with E-state index in [1.807, 2.05) is 0 Å². The molecule has 352 valence electrons. The predicted molar refractivity (Wildman–Crippen MR) is 300 cm³/mol. The minimum atomic E-state index is -0.121. The van der Waals surface area contributed by atoms with Gasteiger partial charge in [0.1, 0.15) is 16.7 Å². The lowest BCUT2D eigenvalue weighted by atomic mass is 9.42. The maximum absolute atomic E-state index is 7.34. The van der Waals surface area contributed by atoms with E-state index in [-0.39, 0.29) is 12.3 Å². The van der Waals surface area contributed by atoms with Crippen LogP contribution in [0.1, 0.15) is 88.2 Å². The van der Waals surface area contributed by atoms with Crippen molar-refractivity contribution < 1.29 is 8.83 Å². The molecule has 8 aliphatic carbocycles. The smallest absolute Gasteiger partial charge is 0.333 e. The highest BCUT2D eigenvalue weighted by molar-refractivity contribution is 6.94. The number of nitrogens with zero attached hydrogens (tertiary/aromatic N) is 2. The zero-order valence-corrected chi connectivity index (χ0v) is 41.2. The van der Waals surface area contributed by atoms with Crippen molar-refractivity contribution in [1.82, 2.24) is 4.57 Å². The minimum Gasteiger partial charge on any atom is -0.456 e. The summed E-state index contributed by atoms with van der Waals surface area (Å²) < 4.78 is 16.9. The Balaban J connectivity index is 0.969. The van der Waals surface area contributed by atoms with Gasteiger partial charge in [0, 0.05) is 49.3 Å². The second-order valence-electron chi connectivity index (χ2n) is 25.2. The molecule has 0 saturated heterocycles. The van der Waals surface area contributed by atoms with Gasteiger partial charge in [0.25, 0.3) is 0 Å². The molecule has 2 aliphatic heterocycles. The summed E-state index contributed by atoms with van der Waals surface area (Å²) in [6, 6.07) is 58.4. The van der Waals surface area contributed by atoms with Crippen molar-refractivity contribution >= 4 is 94.8 Å². The van der Waals surface area contributed by atoms with Gasteiger partial charge in [0.2, 0.25) is 0 Å². The molecule has 8 aromatic carbocycles. The lowest BCUT2D eigenvalue weighted by Crippen LogP contribution is -2.61. The first kappa shape index (κ1) is 39.5. The number of anilines is 2. The van der Waals surface area contributed by atoms with Crippen LogP contribution in [0.2, 0.25) is 0 Å². The Kier molecular flexibility index (Phi) is 7.36. The second kappa shape index (κ2) is 13.6. The number of para-hydroxylation sites is 2. The molecule has 3 aromatic heterocycles. The summed E-state index contributed by atoms with van der Waals surface area (Å²) in [5.74, 6) is 5.23. The molecule has 73 heavy (non-hydrogen) atoms.